The van der Waals surface area contributed by atoms with E-state index in [4.69, 9.17) is 0 Å². The van der Waals surface area contributed by atoms with Crippen LogP contribution in [0.3, 0.4) is 0 Å². The zero-order valence-corrected chi connectivity index (χ0v) is 14.0. The van der Waals surface area contributed by atoms with Crippen LogP contribution in [0.25, 0.3) is 5.69 Å². The van der Waals surface area contributed by atoms with E-state index < -0.39 is 0 Å². The Morgan fingerprint density at radius 2 is 2.17 bits per heavy atom. The van der Waals surface area contributed by atoms with E-state index in [0.29, 0.717) is 11.6 Å². The molecule has 1 fully saturated rings. The van der Waals surface area contributed by atoms with Gasteiger partial charge < -0.3 is 10.2 Å². The van der Waals surface area contributed by atoms with E-state index in [1.807, 2.05) is 35.7 Å². The van der Waals surface area contributed by atoms with Gasteiger partial charge in [0.15, 0.2) is 0 Å². The summed E-state index contributed by atoms with van der Waals surface area (Å²) in [7, 11) is 1.96. The lowest BCUT2D eigenvalue weighted by molar-refractivity contribution is 0.0697. The molecule has 0 aliphatic carbocycles. The summed E-state index contributed by atoms with van der Waals surface area (Å²) in [6, 6.07) is 8.54. The number of benzene rings is 1. The molecule has 2 aromatic rings. The van der Waals surface area contributed by atoms with Gasteiger partial charge in [0.25, 0.3) is 5.91 Å². The largest absolute Gasteiger partial charge is 0.337 e. The lowest BCUT2D eigenvalue weighted by Gasteiger charge is -2.32. The van der Waals surface area contributed by atoms with Gasteiger partial charge in [-0.05, 0) is 51.4 Å². The van der Waals surface area contributed by atoms with Crippen LogP contribution in [-0.2, 0) is 0 Å². The molecule has 1 saturated heterocycles. The van der Waals surface area contributed by atoms with E-state index in [0.717, 1.165) is 37.3 Å². The molecule has 1 aromatic heterocycles. The number of likely N-dealkylation sites (tertiary alicyclic amines) is 1. The van der Waals surface area contributed by atoms with Crippen molar-refractivity contribution in [3.63, 3.8) is 0 Å². The Kier molecular flexibility index (Phi) is 4.48. The molecule has 1 aliphatic heterocycles. The van der Waals surface area contributed by atoms with E-state index in [2.05, 4.69) is 29.5 Å². The van der Waals surface area contributed by atoms with Crippen molar-refractivity contribution in [2.24, 2.45) is 0 Å². The number of carbonyl (C=O) groups is 1. The third kappa shape index (κ3) is 3.15. The van der Waals surface area contributed by atoms with Crippen LogP contribution < -0.4 is 5.32 Å². The lowest BCUT2D eigenvalue weighted by atomic mass is 10.0. The topological polar surface area (TPSA) is 50.2 Å². The van der Waals surface area contributed by atoms with Gasteiger partial charge in [-0.1, -0.05) is 12.1 Å². The summed E-state index contributed by atoms with van der Waals surface area (Å²) in [5.74, 6) is 0.0846. The van der Waals surface area contributed by atoms with Crippen LogP contribution in [0.15, 0.2) is 30.5 Å². The van der Waals surface area contributed by atoms with Gasteiger partial charge in [0, 0.05) is 19.1 Å². The minimum atomic E-state index is 0.0846. The highest BCUT2D eigenvalue weighted by molar-refractivity contribution is 5.95. The molecular formula is C18H24N4O. The molecule has 1 atom stereocenters. The molecule has 0 bridgehead atoms. The molecule has 1 aliphatic rings. The molecule has 0 radical (unpaired) electrons. The first-order chi connectivity index (χ1) is 11.1. The van der Waals surface area contributed by atoms with Crippen molar-refractivity contribution < 1.29 is 4.79 Å². The Bertz CT molecular complexity index is 707. The number of rotatable bonds is 3. The number of aryl methyl sites for hydroxylation is 1. The maximum atomic E-state index is 12.8. The van der Waals surface area contributed by atoms with Gasteiger partial charge >= 0.3 is 0 Å². The molecule has 1 amide bonds. The van der Waals surface area contributed by atoms with Crippen LogP contribution in [0.2, 0.25) is 0 Å². The zero-order chi connectivity index (χ0) is 16.4. The van der Waals surface area contributed by atoms with Crippen LogP contribution in [0.4, 0.5) is 0 Å². The number of hydrogen-bond donors (Lipinski definition) is 1. The minimum absolute atomic E-state index is 0.0846. The molecule has 0 spiro atoms. The number of aromatic nitrogens is 2. The number of nitrogens with zero attached hydrogens (tertiary/aromatic N) is 3. The quantitative estimate of drug-likeness (QED) is 0.946. The summed E-state index contributed by atoms with van der Waals surface area (Å²) >= 11 is 0. The smallest absolute Gasteiger partial charge is 0.257 e. The van der Waals surface area contributed by atoms with Crippen LogP contribution in [0.5, 0.6) is 0 Å². The molecule has 3 rings (SSSR count). The third-order valence-electron chi connectivity index (χ3n) is 4.60. The number of hydrogen-bond acceptors (Lipinski definition) is 3. The Morgan fingerprint density at radius 3 is 2.91 bits per heavy atom. The van der Waals surface area contributed by atoms with Crippen molar-refractivity contribution in [2.45, 2.75) is 32.7 Å². The number of nitrogens with one attached hydrogen (secondary N) is 1. The predicted octanol–water partition coefficient (Wildman–Crippen LogP) is 2.31. The van der Waals surface area contributed by atoms with E-state index >= 15 is 0 Å². The van der Waals surface area contributed by atoms with Crippen LogP contribution in [-0.4, -0.2) is 46.8 Å². The summed E-state index contributed by atoms with van der Waals surface area (Å²) in [6.45, 7) is 5.61. The second-order valence-corrected chi connectivity index (χ2v) is 6.27. The lowest BCUT2D eigenvalue weighted by Crippen LogP contribution is -2.47. The maximum Gasteiger partial charge on any atom is 0.257 e. The van der Waals surface area contributed by atoms with Gasteiger partial charge in [0.1, 0.15) is 0 Å². The van der Waals surface area contributed by atoms with E-state index in [9.17, 15) is 4.79 Å². The monoisotopic (exact) mass is 312 g/mol. The first-order valence-corrected chi connectivity index (χ1v) is 8.18. The standard InChI is InChI=1S/C18H24N4O/c1-13-6-4-8-16(10-13)22-14(2)17(11-20-22)18(23)21-9-5-7-15(12-21)19-3/h4,6,8,10-11,15,19H,5,7,9,12H2,1-3H3. The Labute approximate surface area is 137 Å². The number of amides is 1. The van der Waals surface area contributed by atoms with Crippen molar-refractivity contribution in [3.05, 3.63) is 47.3 Å². The van der Waals surface area contributed by atoms with Crippen molar-refractivity contribution >= 4 is 5.91 Å². The Balaban J connectivity index is 1.85. The van der Waals surface area contributed by atoms with Gasteiger partial charge in [0.2, 0.25) is 0 Å². The zero-order valence-electron chi connectivity index (χ0n) is 14.0. The van der Waals surface area contributed by atoms with E-state index in [-0.39, 0.29) is 5.91 Å². The molecular weight excluding hydrogens is 288 g/mol. The summed E-state index contributed by atoms with van der Waals surface area (Å²) in [5.41, 5.74) is 3.77. The minimum Gasteiger partial charge on any atom is -0.337 e. The van der Waals surface area contributed by atoms with Gasteiger partial charge in [0.05, 0.1) is 23.1 Å². The van der Waals surface area contributed by atoms with Gasteiger partial charge in [-0.3, -0.25) is 4.79 Å². The Morgan fingerprint density at radius 1 is 1.35 bits per heavy atom. The van der Waals surface area contributed by atoms with Crippen molar-refractivity contribution in [1.29, 1.82) is 0 Å². The van der Waals surface area contributed by atoms with E-state index in [1.165, 1.54) is 5.56 Å². The number of carbonyl (C=O) groups excluding carboxylic acids is 1. The van der Waals surface area contributed by atoms with Crippen LogP contribution in [0.1, 0.15) is 34.5 Å². The first kappa shape index (κ1) is 15.7. The van der Waals surface area contributed by atoms with Gasteiger partial charge in [-0.25, -0.2) is 4.68 Å². The maximum absolute atomic E-state index is 12.8. The molecule has 1 aromatic carbocycles. The highest BCUT2D eigenvalue weighted by Crippen LogP contribution is 2.19. The number of likely N-dealkylation sites (N-methyl/N-ethyl adjacent to an activating group) is 1. The summed E-state index contributed by atoms with van der Waals surface area (Å²) in [4.78, 5) is 14.8. The molecule has 2 heterocycles. The molecule has 1 unspecified atom stereocenters. The van der Waals surface area contributed by atoms with E-state index in [1.54, 1.807) is 6.20 Å². The highest BCUT2D eigenvalue weighted by atomic mass is 16.2. The average molecular weight is 312 g/mol. The third-order valence-corrected chi connectivity index (χ3v) is 4.60. The fraction of sp³-hybridized carbons (Fsp3) is 0.444. The molecule has 0 saturated carbocycles. The second kappa shape index (κ2) is 6.54. The molecule has 5 heteroatoms. The second-order valence-electron chi connectivity index (χ2n) is 6.27. The molecule has 5 nitrogen and oxygen atoms in total. The van der Waals surface area contributed by atoms with Crippen molar-refractivity contribution in [1.82, 2.24) is 20.0 Å². The van der Waals surface area contributed by atoms with Crippen molar-refractivity contribution in [2.75, 3.05) is 20.1 Å². The fourth-order valence-corrected chi connectivity index (χ4v) is 3.21. The molecule has 1 N–H and O–H groups in total. The van der Waals surface area contributed by atoms with Crippen LogP contribution in [0, 0.1) is 13.8 Å². The summed E-state index contributed by atoms with van der Waals surface area (Å²) in [6.07, 6.45) is 3.87. The normalized spacial score (nSPS) is 18.2. The fourth-order valence-electron chi connectivity index (χ4n) is 3.21. The summed E-state index contributed by atoms with van der Waals surface area (Å²) < 4.78 is 1.85. The van der Waals surface area contributed by atoms with Gasteiger partial charge in [-0.2, -0.15) is 5.10 Å². The SMILES string of the molecule is CNC1CCCN(C(=O)c2cnn(-c3cccc(C)c3)c2C)C1. The molecule has 122 valence electrons. The summed E-state index contributed by atoms with van der Waals surface area (Å²) in [5, 5.41) is 7.71. The predicted molar refractivity (Wildman–Crippen MR) is 91.0 cm³/mol. The number of piperidine rings is 1. The van der Waals surface area contributed by atoms with Crippen molar-refractivity contribution in [3.8, 4) is 5.69 Å². The highest BCUT2D eigenvalue weighted by Gasteiger charge is 2.26. The van der Waals surface area contributed by atoms with Crippen LogP contribution >= 0.6 is 0 Å². The average Bonchev–Trinajstić information content (AvgIpc) is 2.96. The Hall–Kier alpha value is -2.14. The molecule has 23 heavy (non-hydrogen) atoms. The first-order valence-electron chi connectivity index (χ1n) is 8.18. The van der Waals surface area contributed by atoms with Gasteiger partial charge in [-0.15, -0.1) is 0 Å².